The summed E-state index contributed by atoms with van der Waals surface area (Å²) in [5.41, 5.74) is 0. The van der Waals surface area contributed by atoms with Crippen molar-refractivity contribution in [2.75, 3.05) is 60.1 Å². The second kappa shape index (κ2) is 9.75. The predicted octanol–water partition coefficient (Wildman–Crippen LogP) is 0.305. The van der Waals surface area contributed by atoms with E-state index in [1.54, 1.807) is 11.0 Å². The van der Waals surface area contributed by atoms with E-state index in [1.807, 2.05) is 0 Å². The molecule has 0 unspecified atom stereocenters. The lowest BCUT2D eigenvalue weighted by Crippen LogP contribution is -2.51. The van der Waals surface area contributed by atoms with E-state index < -0.39 is 10.0 Å². The summed E-state index contributed by atoms with van der Waals surface area (Å²) in [6.07, 6.45) is 1.46. The zero-order valence-electron chi connectivity index (χ0n) is 16.9. The first-order valence-corrected chi connectivity index (χ1v) is 11.2. The van der Waals surface area contributed by atoms with Crippen LogP contribution in [-0.2, 0) is 19.6 Å². The molecule has 3 rings (SSSR count). The van der Waals surface area contributed by atoms with Gasteiger partial charge in [0.15, 0.2) is 11.5 Å². The fraction of sp³-hybridized carbons (Fsp3) is 0.632. The number of sulfonamides is 1. The molecule has 1 aromatic rings. The summed E-state index contributed by atoms with van der Waals surface area (Å²) in [7, 11) is -0.986. The average molecular weight is 428 g/mol. The molecule has 2 heterocycles. The lowest BCUT2D eigenvalue weighted by atomic mass is 10.2. The highest BCUT2D eigenvalue weighted by Gasteiger charge is 2.32. The first kappa shape index (κ1) is 21.8. The molecule has 9 nitrogen and oxygen atoms in total. The Morgan fingerprint density at radius 2 is 1.97 bits per heavy atom. The number of hydrogen-bond acceptors (Lipinski definition) is 7. The maximum absolute atomic E-state index is 13.4. The molecule has 2 aliphatic heterocycles. The zero-order valence-corrected chi connectivity index (χ0v) is 17.7. The van der Waals surface area contributed by atoms with Crippen molar-refractivity contribution in [2.24, 2.45) is 0 Å². The number of amides is 1. The van der Waals surface area contributed by atoms with Crippen molar-refractivity contribution < 1.29 is 27.4 Å². The normalized spacial score (nSPS) is 20.1. The van der Waals surface area contributed by atoms with E-state index >= 15 is 0 Å². The predicted molar refractivity (Wildman–Crippen MR) is 107 cm³/mol. The molecular formula is C19H29N3O6S. The first-order chi connectivity index (χ1) is 14.0. The number of rotatable bonds is 8. The zero-order chi connectivity index (χ0) is 20.9. The molecule has 162 valence electrons. The summed E-state index contributed by atoms with van der Waals surface area (Å²) in [6, 6.07) is 4.44. The van der Waals surface area contributed by atoms with Gasteiger partial charge in [-0.25, -0.2) is 8.42 Å². The van der Waals surface area contributed by atoms with Crippen LogP contribution in [0.2, 0.25) is 0 Å². The van der Waals surface area contributed by atoms with Crippen LogP contribution < -0.4 is 14.8 Å². The molecule has 29 heavy (non-hydrogen) atoms. The molecule has 2 saturated heterocycles. The van der Waals surface area contributed by atoms with Crippen molar-refractivity contribution in [3.05, 3.63) is 18.2 Å². The van der Waals surface area contributed by atoms with Crippen LogP contribution in [0.15, 0.2) is 23.1 Å². The van der Waals surface area contributed by atoms with E-state index in [-0.39, 0.29) is 30.0 Å². The molecule has 1 aromatic carbocycles. The molecule has 0 radical (unpaired) electrons. The third kappa shape index (κ3) is 5.19. The van der Waals surface area contributed by atoms with Gasteiger partial charge in [-0.15, -0.1) is 0 Å². The fourth-order valence-corrected chi connectivity index (χ4v) is 4.99. The standard InChI is InChI=1S/C19H29N3O6S/c1-26-17-6-5-16(12-18(17)27-2)29(24,25)22(13-15-4-3-11-28-15)14-19(23)21-9-7-20-8-10-21/h5-6,12,15,20H,3-4,7-11,13-14H2,1-2H3/t15-/m1/s1. The van der Waals surface area contributed by atoms with Crippen LogP contribution >= 0.6 is 0 Å². The number of hydrogen-bond donors (Lipinski definition) is 1. The van der Waals surface area contributed by atoms with E-state index in [9.17, 15) is 13.2 Å². The minimum atomic E-state index is -3.93. The SMILES string of the molecule is COc1ccc(S(=O)(=O)N(CC(=O)N2CCNCC2)C[C@H]2CCCO2)cc1OC. The number of piperazine rings is 1. The number of carbonyl (C=O) groups is 1. The smallest absolute Gasteiger partial charge is 0.243 e. The maximum Gasteiger partial charge on any atom is 0.243 e. The van der Waals surface area contributed by atoms with Gasteiger partial charge in [-0.3, -0.25) is 4.79 Å². The Balaban J connectivity index is 1.85. The van der Waals surface area contributed by atoms with Crippen LogP contribution in [0.25, 0.3) is 0 Å². The van der Waals surface area contributed by atoms with Gasteiger partial charge in [0, 0.05) is 45.4 Å². The summed E-state index contributed by atoms with van der Waals surface area (Å²) >= 11 is 0. The van der Waals surface area contributed by atoms with Crippen molar-refractivity contribution in [2.45, 2.75) is 23.8 Å². The van der Waals surface area contributed by atoms with E-state index in [0.717, 1.165) is 12.8 Å². The summed E-state index contributed by atoms with van der Waals surface area (Å²) < 4.78 is 44.1. The van der Waals surface area contributed by atoms with Gasteiger partial charge in [-0.1, -0.05) is 0 Å². The van der Waals surface area contributed by atoms with Gasteiger partial charge in [0.25, 0.3) is 0 Å². The Labute approximate surface area is 171 Å². The van der Waals surface area contributed by atoms with Crippen LogP contribution in [0, 0.1) is 0 Å². The monoisotopic (exact) mass is 427 g/mol. The maximum atomic E-state index is 13.4. The van der Waals surface area contributed by atoms with E-state index in [1.165, 1.54) is 30.7 Å². The van der Waals surface area contributed by atoms with Crippen LogP contribution in [0.4, 0.5) is 0 Å². The number of benzene rings is 1. The molecule has 0 aromatic heterocycles. The third-order valence-corrected chi connectivity index (χ3v) is 7.01. The molecule has 0 aliphatic carbocycles. The number of carbonyl (C=O) groups excluding carboxylic acids is 1. The van der Waals surface area contributed by atoms with Gasteiger partial charge in [-0.05, 0) is 25.0 Å². The van der Waals surface area contributed by atoms with E-state index in [0.29, 0.717) is 44.3 Å². The second-order valence-electron chi connectivity index (χ2n) is 7.08. The summed E-state index contributed by atoms with van der Waals surface area (Å²) in [4.78, 5) is 14.5. The molecule has 1 amide bonds. The summed E-state index contributed by atoms with van der Waals surface area (Å²) in [5.74, 6) is 0.557. The molecule has 1 N–H and O–H groups in total. The van der Waals surface area contributed by atoms with E-state index in [4.69, 9.17) is 14.2 Å². The highest BCUT2D eigenvalue weighted by Crippen LogP contribution is 2.31. The third-order valence-electron chi connectivity index (χ3n) is 5.21. The molecule has 10 heteroatoms. The highest BCUT2D eigenvalue weighted by molar-refractivity contribution is 7.89. The molecule has 0 bridgehead atoms. The van der Waals surface area contributed by atoms with Gasteiger partial charge < -0.3 is 24.4 Å². The van der Waals surface area contributed by atoms with Crippen LogP contribution in [-0.4, -0.2) is 89.7 Å². The van der Waals surface area contributed by atoms with Gasteiger partial charge >= 0.3 is 0 Å². The molecule has 0 spiro atoms. The molecule has 2 fully saturated rings. The minimum Gasteiger partial charge on any atom is -0.493 e. The number of nitrogens with one attached hydrogen (secondary N) is 1. The van der Waals surface area contributed by atoms with E-state index in [2.05, 4.69) is 5.32 Å². The van der Waals surface area contributed by atoms with Gasteiger partial charge in [0.2, 0.25) is 15.9 Å². The summed E-state index contributed by atoms with van der Waals surface area (Å²) in [6.45, 7) is 3.11. The highest BCUT2D eigenvalue weighted by atomic mass is 32.2. The van der Waals surface area contributed by atoms with Gasteiger partial charge in [0.05, 0.1) is 31.8 Å². The van der Waals surface area contributed by atoms with Crippen molar-refractivity contribution in [3.8, 4) is 11.5 Å². The first-order valence-electron chi connectivity index (χ1n) is 9.78. The largest absolute Gasteiger partial charge is 0.493 e. The Kier molecular flexibility index (Phi) is 7.33. The number of methoxy groups -OCH3 is 2. The molecule has 2 aliphatic rings. The van der Waals surface area contributed by atoms with Gasteiger partial charge in [0.1, 0.15) is 0 Å². The Hall–Kier alpha value is -1.88. The second-order valence-corrected chi connectivity index (χ2v) is 9.02. The lowest BCUT2D eigenvalue weighted by Gasteiger charge is -2.31. The topological polar surface area (TPSA) is 97.4 Å². The van der Waals surface area contributed by atoms with Crippen LogP contribution in [0.3, 0.4) is 0 Å². The molecule has 1 atom stereocenters. The average Bonchev–Trinajstić information content (AvgIpc) is 3.26. The van der Waals surface area contributed by atoms with Crippen molar-refractivity contribution in [1.82, 2.24) is 14.5 Å². The Morgan fingerprint density at radius 3 is 2.59 bits per heavy atom. The van der Waals surface area contributed by atoms with Crippen molar-refractivity contribution >= 4 is 15.9 Å². The minimum absolute atomic E-state index is 0.0567. The quantitative estimate of drug-likeness (QED) is 0.637. The Bertz CT molecular complexity index is 804. The van der Waals surface area contributed by atoms with Crippen LogP contribution in [0.5, 0.6) is 11.5 Å². The van der Waals surface area contributed by atoms with Crippen LogP contribution in [0.1, 0.15) is 12.8 Å². The van der Waals surface area contributed by atoms with Crippen molar-refractivity contribution in [1.29, 1.82) is 0 Å². The van der Waals surface area contributed by atoms with Crippen molar-refractivity contribution in [3.63, 3.8) is 0 Å². The lowest BCUT2D eigenvalue weighted by molar-refractivity contribution is -0.132. The molecular weight excluding hydrogens is 398 g/mol. The summed E-state index contributed by atoms with van der Waals surface area (Å²) in [5, 5.41) is 3.19. The molecule has 0 saturated carbocycles. The fourth-order valence-electron chi connectivity index (χ4n) is 3.55. The number of nitrogens with zero attached hydrogens (tertiary/aromatic N) is 2. The number of ether oxygens (including phenoxy) is 3. The van der Waals surface area contributed by atoms with Gasteiger partial charge in [-0.2, -0.15) is 4.31 Å². The Morgan fingerprint density at radius 1 is 1.24 bits per heavy atom.